The first-order chi connectivity index (χ1) is 15.4. The van der Waals surface area contributed by atoms with Gasteiger partial charge in [0.1, 0.15) is 5.76 Å². The Morgan fingerprint density at radius 2 is 1.78 bits per heavy atom. The highest BCUT2D eigenvalue weighted by Gasteiger charge is 2.47. The second kappa shape index (κ2) is 9.14. The fourth-order valence-electron chi connectivity index (χ4n) is 4.11. The summed E-state index contributed by atoms with van der Waals surface area (Å²) in [5.74, 6) is -2.24. The van der Waals surface area contributed by atoms with Crippen molar-refractivity contribution in [2.45, 2.75) is 25.0 Å². The maximum atomic E-state index is 13.0. The topological polar surface area (TPSA) is 93.1 Å². The number of benzene rings is 2. The Hall–Kier alpha value is -3.16. The lowest BCUT2D eigenvalue weighted by Gasteiger charge is -2.27. The van der Waals surface area contributed by atoms with E-state index in [1.54, 1.807) is 48.5 Å². The molecule has 166 valence electrons. The van der Waals surface area contributed by atoms with E-state index in [2.05, 4.69) is 0 Å². The molecule has 0 radical (unpaired) electrons. The monoisotopic (exact) mass is 455 g/mol. The Morgan fingerprint density at radius 3 is 2.38 bits per heavy atom. The summed E-state index contributed by atoms with van der Waals surface area (Å²) in [5.41, 5.74) is 1.29. The smallest absolute Gasteiger partial charge is 0.337 e. The van der Waals surface area contributed by atoms with Gasteiger partial charge in [0.25, 0.3) is 11.7 Å². The van der Waals surface area contributed by atoms with Crippen molar-refractivity contribution in [2.24, 2.45) is 0 Å². The highest BCUT2D eigenvalue weighted by atomic mass is 35.5. The number of ketones is 1. The maximum absolute atomic E-state index is 13.0. The van der Waals surface area contributed by atoms with E-state index < -0.39 is 23.7 Å². The van der Waals surface area contributed by atoms with Crippen molar-refractivity contribution >= 4 is 35.0 Å². The third-order valence-electron chi connectivity index (χ3n) is 5.73. The summed E-state index contributed by atoms with van der Waals surface area (Å²) in [5, 5.41) is 11.5. The molecule has 0 aliphatic carbocycles. The molecule has 1 N–H and O–H groups in total. The van der Waals surface area contributed by atoms with Crippen LogP contribution in [0.25, 0.3) is 5.76 Å². The van der Waals surface area contributed by atoms with Gasteiger partial charge >= 0.3 is 5.97 Å². The summed E-state index contributed by atoms with van der Waals surface area (Å²) in [7, 11) is 1.29. The largest absolute Gasteiger partial charge is 0.507 e. The first-order valence-corrected chi connectivity index (χ1v) is 10.6. The third kappa shape index (κ3) is 4.13. The zero-order valence-electron chi connectivity index (χ0n) is 17.4. The van der Waals surface area contributed by atoms with Crippen molar-refractivity contribution < 1.29 is 29.0 Å². The quantitative estimate of drug-likeness (QED) is 0.319. The molecule has 2 fully saturated rings. The first kappa shape index (κ1) is 22.0. The second-order valence-corrected chi connectivity index (χ2v) is 8.14. The number of amides is 1. The number of aliphatic hydroxyl groups excluding tert-OH is 1. The van der Waals surface area contributed by atoms with Crippen molar-refractivity contribution in [1.29, 1.82) is 0 Å². The number of carbonyl (C=O) groups is 3. The average molecular weight is 456 g/mol. The molecule has 2 aromatic rings. The number of halogens is 1. The Morgan fingerprint density at radius 1 is 1.12 bits per heavy atom. The first-order valence-electron chi connectivity index (χ1n) is 10.2. The summed E-state index contributed by atoms with van der Waals surface area (Å²) in [6, 6.07) is 12.0. The molecule has 2 atom stereocenters. The Labute approximate surface area is 190 Å². The minimum Gasteiger partial charge on any atom is -0.507 e. The van der Waals surface area contributed by atoms with Gasteiger partial charge in [-0.15, -0.1) is 0 Å². The molecule has 2 aliphatic rings. The molecule has 0 spiro atoms. The lowest BCUT2D eigenvalue weighted by molar-refractivity contribution is -0.140. The van der Waals surface area contributed by atoms with Gasteiger partial charge in [-0.2, -0.15) is 0 Å². The number of hydrogen-bond donors (Lipinski definition) is 1. The number of rotatable bonds is 5. The minimum absolute atomic E-state index is 0.0128. The van der Waals surface area contributed by atoms with E-state index in [0.29, 0.717) is 28.3 Å². The Kier molecular flexibility index (Phi) is 6.30. The van der Waals surface area contributed by atoms with Gasteiger partial charge in [0.2, 0.25) is 0 Å². The van der Waals surface area contributed by atoms with E-state index in [1.807, 2.05) is 0 Å². The molecule has 2 aromatic carbocycles. The van der Waals surface area contributed by atoms with Crippen LogP contribution < -0.4 is 0 Å². The van der Waals surface area contributed by atoms with Crippen LogP contribution in [0.5, 0.6) is 0 Å². The van der Waals surface area contributed by atoms with Crippen LogP contribution in [0.4, 0.5) is 0 Å². The molecule has 1 amide bonds. The summed E-state index contributed by atoms with van der Waals surface area (Å²) in [4.78, 5) is 39.3. The fourth-order valence-corrected chi connectivity index (χ4v) is 4.23. The highest BCUT2D eigenvalue weighted by Crippen LogP contribution is 2.40. The van der Waals surface area contributed by atoms with Crippen molar-refractivity contribution in [2.75, 3.05) is 20.3 Å². The van der Waals surface area contributed by atoms with Gasteiger partial charge in [0.05, 0.1) is 30.4 Å². The van der Waals surface area contributed by atoms with Gasteiger partial charge in [0.15, 0.2) is 0 Å². The fraction of sp³-hybridized carbons (Fsp3) is 0.292. The second-order valence-electron chi connectivity index (χ2n) is 7.71. The van der Waals surface area contributed by atoms with Gasteiger partial charge in [-0.3, -0.25) is 9.59 Å². The molecule has 2 saturated heterocycles. The molecule has 2 aliphatic heterocycles. The number of ether oxygens (including phenoxy) is 2. The molecule has 0 aromatic heterocycles. The molecule has 0 saturated carbocycles. The third-order valence-corrected chi connectivity index (χ3v) is 5.98. The van der Waals surface area contributed by atoms with Crippen LogP contribution in [0.3, 0.4) is 0 Å². The SMILES string of the molecule is COC(=O)c1ccc([C@H]2C(=C(O)c3ccc(Cl)cc3)C(=O)C(=O)N2C[C@H]2CCCO2)cc1. The molecule has 0 unspecified atom stereocenters. The van der Waals surface area contributed by atoms with Crippen LogP contribution in [0.1, 0.15) is 40.4 Å². The average Bonchev–Trinajstić information content (AvgIpc) is 3.41. The lowest BCUT2D eigenvalue weighted by atomic mass is 9.94. The van der Waals surface area contributed by atoms with E-state index in [0.717, 1.165) is 12.8 Å². The van der Waals surface area contributed by atoms with E-state index in [9.17, 15) is 19.5 Å². The standard InChI is InChI=1S/C24H22ClNO6/c1-31-24(30)16-6-4-14(5-7-16)20-19(21(27)15-8-10-17(25)11-9-15)22(28)23(29)26(20)13-18-3-2-12-32-18/h4-11,18,20,27H,2-3,12-13H2,1H3/t18-,20+/m1/s1. The lowest BCUT2D eigenvalue weighted by Crippen LogP contribution is -2.36. The number of likely N-dealkylation sites (tertiary alicyclic amines) is 1. The molecule has 4 rings (SSSR count). The number of aliphatic hydroxyl groups is 1. The molecular weight excluding hydrogens is 434 g/mol. The van der Waals surface area contributed by atoms with Crippen LogP contribution in [0.2, 0.25) is 5.02 Å². The van der Waals surface area contributed by atoms with Crippen molar-refractivity contribution in [3.63, 3.8) is 0 Å². The number of hydrogen-bond acceptors (Lipinski definition) is 6. The van der Waals surface area contributed by atoms with Crippen LogP contribution in [0.15, 0.2) is 54.1 Å². The summed E-state index contributed by atoms with van der Waals surface area (Å²) >= 11 is 5.94. The highest BCUT2D eigenvalue weighted by molar-refractivity contribution is 6.46. The summed E-state index contributed by atoms with van der Waals surface area (Å²) in [6.07, 6.45) is 1.49. The predicted octanol–water partition coefficient (Wildman–Crippen LogP) is 3.73. The number of carbonyl (C=O) groups excluding carboxylic acids is 3. The van der Waals surface area contributed by atoms with E-state index in [4.69, 9.17) is 21.1 Å². The van der Waals surface area contributed by atoms with Crippen LogP contribution in [0, 0.1) is 0 Å². The van der Waals surface area contributed by atoms with Crippen molar-refractivity contribution in [1.82, 2.24) is 4.90 Å². The number of nitrogens with zero attached hydrogens (tertiary/aromatic N) is 1. The van der Waals surface area contributed by atoms with Crippen molar-refractivity contribution in [3.05, 3.63) is 75.8 Å². The van der Waals surface area contributed by atoms with Crippen LogP contribution >= 0.6 is 11.6 Å². The summed E-state index contributed by atoms with van der Waals surface area (Å²) in [6.45, 7) is 0.837. The normalized spacial score (nSPS) is 22.4. The van der Waals surface area contributed by atoms with Gasteiger partial charge in [-0.25, -0.2) is 4.79 Å². The van der Waals surface area contributed by atoms with Crippen LogP contribution in [-0.2, 0) is 19.1 Å². The molecule has 8 heteroatoms. The molecular formula is C24H22ClNO6. The zero-order chi connectivity index (χ0) is 22.8. The van der Waals surface area contributed by atoms with E-state index in [1.165, 1.54) is 12.0 Å². The minimum atomic E-state index is -0.818. The number of methoxy groups -OCH3 is 1. The van der Waals surface area contributed by atoms with E-state index in [-0.39, 0.29) is 24.0 Å². The van der Waals surface area contributed by atoms with Crippen molar-refractivity contribution in [3.8, 4) is 0 Å². The number of Topliss-reactive ketones (excluding diaryl/α,β-unsaturated/α-hetero) is 1. The van der Waals surface area contributed by atoms with E-state index >= 15 is 0 Å². The molecule has 0 bridgehead atoms. The van der Waals surface area contributed by atoms with Gasteiger partial charge < -0.3 is 19.5 Å². The Balaban J connectivity index is 1.80. The molecule has 32 heavy (non-hydrogen) atoms. The maximum Gasteiger partial charge on any atom is 0.337 e. The van der Waals surface area contributed by atoms with Gasteiger partial charge in [0, 0.05) is 23.7 Å². The molecule has 2 heterocycles. The van der Waals surface area contributed by atoms with Crippen LogP contribution in [-0.4, -0.2) is 54.0 Å². The number of esters is 1. The Bertz CT molecular complexity index is 1070. The summed E-state index contributed by atoms with van der Waals surface area (Å²) < 4.78 is 10.4. The van der Waals surface area contributed by atoms with Gasteiger partial charge in [-0.05, 0) is 54.8 Å². The molecule has 7 nitrogen and oxygen atoms in total. The zero-order valence-corrected chi connectivity index (χ0v) is 18.2. The predicted molar refractivity (Wildman–Crippen MR) is 117 cm³/mol. The van der Waals surface area contributed by atoms with Gasteiger partial charge in [-0.1, -0.05) is 23.7 Å².